The van der Waals surface area contributed by atoms with Crippen LogP contribution in [0.3, 0.4) is 0 Å². The summed E-state index contributed by atoms with van der Waals surface area (Å²) in [4.78, 5) is 51.7. The molecule has 0 aliphatic rings. The lowest BCUT2D eigenvalue weighted by molar-refractivity contribution is 0.0607. The Morgan fingerprint density at radius 1 is 1.25 bits per heavy atom. The van der Waals surface area contributed by atoms with Crippen LogP contribution in [-0.4, -0.2) is 28.5 Å². The summed E-state index contributed by atoms with van der Waals surface area (Å²) in [6, 6.07) is 8.28. The molecule has 0 bridgehead atoms. The third kappa shape index (κ3) is 3.90. The molecular formula is C18H14ClN3O5S. The number of aromatic nitrogens is 2. The van der Waals surface area contributed by atoms with Gasteiger partial charge in [0.15, 0.2) is 0 Å². The third-order valence-electron chi connectivity index (χ3n) is 3.88. The number of nitrogens with zero attached hydrogens (tertiary/aromatic N) is 1. The number of hydrogen-bond donors (Lipinski definition) is 2. The number of aromatic amines is 1. The van der Waals surface area contributed by atoms with Crippen molar-refractivity contribution in [2.45, 2.75) is 6.54 Å². The molecule has 8 nitrogen and oxygen atoms in total. The molecule has 3 rings (SSSR count). The summed E-state index contributed by atoms with van der Waals surface area (Å²) in [6.07, 6.45) is 1.04. The summed E-state index contributed by atoms with van der Waals surface area (Å²) in [5.41, 5.74) is -0.970. The second-order valence-electron chi connectivity index (χ2n) is 5.60. The van der Waals surface area contributed by atoms with E-state index in [4.69, 9.17) is 11.6 Å². The average molecular weight is 420 g/mol. The molecule has 0 atom stereocenters. The van der Waals surface area contributed by atoms with E-state index < -0.39 is 23.1 Å². The van der Waals surface area contributed by atoms with Crippen molar-refractivity contribution in [2.24, 2.45) is 0 Å². The molecule has 0 aliphatic carbocycles. The molecule has 2 N–H and O–H groups in total. The van der Waals surface area contributed by atoms with Crippen molar-refractivity contribution >= 4 is 40.5 Å². The molecular weight excluding hydrogens is 406 g/mol. The maximum absolute atomic E-state index is 12.7. The Bertz CT molecular complexity index is 1160. The number of ether oxygens (including phenoxy) is 1. The van der Waals surface area contributed by atoms with Gasteiger partial charge in [-0.1, -0.05) is 29.8 Å². The zero-order valence-corrected chi connectivity index (χ0v) is 16.1. The number of carbonyl (C=O) groups excluding carboxylic acids is 2. The molecule has 1 amide bonds. The van der Waals surface area contributed by atoms with Crippen LogP contribution in [0.2, 0.25) is 5.02 Å². The quantitative estimate of drug-likeness (QED) is 0.617. The van der Waals surface area contributed by atoms with E-state index >= 15 is 0 Å². The molecule has 0 aliphatic heterocycles. The van der Waals surface area contributed by atoms with E-state index in [1.807, 2.05) is 0 Å². The maximum atomic E-state index is 12.7. The highest BCUT2D eigenvalue weighted by molar-refractivity contribution is 7.12. The molecule has 0 saturated heterocycles. The Morgan fingerprint density at radius 3 is 2.71 bits per heavy atom. The molecule has 3 aromatic rings. The van der Waals surface area contributed by atoms with Gasteiger partial charge in [-0.3, -0.25) is 14.2 Å². The number of nitrogens with one attached hydrogen (secondary N) is 2. The van der Waals surface area contributed by atoms with E-state index in [0.29, 0.717) is 10.6 Å². The Kier molecular flexibility index (Phi) is 5.76. The minimum Gasteiger partial charge on any atom is -0.465 e. The van der Waals surface area contributed by atoms with E-state index in [2.05, 4.69) is 15.0 Å². The Hall–Kier alpha value is -3.17. The van der Waals surface area contributed by atoms with Gasteiger partial charge in [-0.25, -0.2) is 9.59 Å². The summed E-state index contributed by atoms with van der Waals surface area (Å²) >= 11 is 7.17. The number of anilines is 1. The van der Waals surface area contributed by atoms with E-state index in [0.717, 1.165) is 22.1 Å². The van der Waals surface area contributed by atoms with Gasteiger partial charge in [-0.2, -0.15) is 0 Å². The highest BCUT2D eigenvalue weighted by atomic mass is 35.5. The van der Waals surface area contributed by atoms with E-state index in [9.17, 15) is 19.2 Å². The van der Waals surface area contributed by atoms with Gasteiger partial charge in [0.2, 0.25) is 0 Å². The first-order valence-electron chi connectivity index (χ1n) is 7.95. The lowest BCUT2D eigenvalue weighted by atomic mass is 10.2. The molecule has 1 aromatic carbocycles. The van der Waals surface area contributed by atoms with Gasteiger partial charge in [-0.05, 0) is 23.1 Å². The van der Waals surface area contributed by atoms with Gasteiger partial charge in [0.1, 0.15) is 10.4 Å². The van der Waals surface area contributed by atoms with Crippen molar-refractivity contribution in [1.82, 2.24) is 9.55 Å². The van der Waals surface area contributed by atoms with Gasteiger partial charge in [-0.15, -0.1) is 11.3 Å². The fourth-order valence-electron chi connectivity index (χ4n) is 2.46. The van der Waals surface area contributed by atoms with Crippen LogP contribution < -0.4 is 16.6 Å². The summed E-state index contributed by atoms with van der Waals surface area (Å²) in [5.74, 6) is -1.37. The molecule has 28 heavy (non-hydrogen) atoms. The third-order valence-corrected chi connectivity index (χ3v) is 5.14. The number of thiophene rings is 1. The van der Waals surface area contributed by atoms with Gasteiger partial charge in [0.05, 0.1) is 19.3 Å². The summed E-state index contributed by atoms with van der Waals surface area (Å²) in [5, 5.41) is 4.49. The number of amides is 1. The number of methoxy groups -OCH3 is 1. The average Bonchev–Trinajstić information content (AvgIpc) is 3.13. The number of benzene rings is 1. The standard InChI is InChI=1S/C18H14ClN3O5S/c1-27-17(25)14-13(6-7-28-14)21-15(23)11-8-20-18(26)22(16(11)24)9-10-4-2-3-5-12(10)19/h2-8H,9H2,1H3,(H,20,26)(H,21,23). The molecule has 0 fully saturated rings. The summed E-state index contributed by atoms with van der Waals surface area (Å²) in [6.45, 7) is -0.0964. The fourth-order valence-corrected chi connectivity index (χ4v) is 3.42. The maximum Gasteiger partial charge on any atom is 0.350 e. The second-order valence-corrected chi connectivity index (χ2v) is 6.92. The molecule has 2 aromatic heterocycles. The Balaban J connectivity index is 1.93. The molecule has 0 saturated carbocycles. The minimum atomic E-state index is -0.781. The van der Waals surface area contributed by atoms with Crippen molar-refractivity contribution in [3.05, 3.63) is 83.8 Å². The van der Waals surface area contributed by atoms with E-state index in [1.165, 1.54) is 13.2 Å². The number of rotatable bonds is 5. The normalized spacial score (nSPS) is 10.5. The molecule has 0 unspecified atom stereocenters. The monoisotopic (exact) mass is 419 g/mol. The summed E-state index contributed by atoms with van der Waals surface area (Å²) in [7, 11) is 1.23. The lowest BCUT2D eigenvalue weighted by Gasteiger charge is -2.09. The molecule has 144 valence electrons. The highest BCUT2D eigenvalue weighted by Gasteiger charge is 2.20. The number of halogens is 1. The zero-order valence-electron chi connectivity index (χ0n) is 14.5. The van der Waals surface area contributed by atoms with Gasteiger partial charge in [0, 0.05) is 11.2 Å². The first-order chi connectivity index (χ1) is 13.4. The second kappa shape index (κ2) is 8.24. The minimum absolute atomic E-state index is 0.0964. The highest BCUT2D eigenvalue weighted by Crippen LogP contribution is 2.23. The predicted molar refractivity (Wildman–Crippen MR) is 105 cm³/mol. The molecule has 0 radical (unpaired) electrons. The van der Waals surface area contributed by atoms with Crippen LogP contribution in [0.25, 0.3) is 0 Å². The van der Waals surface area contributed by atoms with Crippen molar-refractivity contribution < 1.29 is 14.3 Å². The Labute approximate surface area is 167 Å². The predicted octanol–water partition coefficient (Wildman–Crippen LogP) is 2.34. The van der Waals surface area contributed by atoms with Gasteiger partial charge >= 0.3 is 11.7 Å². The van der Waals surface area contributed by atoms with Crippen LogP contribution >= 0.6 is 22.9 Å². The largest absolute Gasteiger partial charge is 0.465 e. The molecule has 2 heterocycles. The van der Waals surface area contributed by atoms with Crippen LogP contribution in [0.1, 0.15) is 25.6 Å². The molecule has 0 spiro atoms. The van der Waals surface area contributed by atoms with Gasteiger partial charge in [0.25, 0.3) is 11.5 Å². The van der Waals surface area contributed by atoms with Crippen LogP contribution in [0.5, 0.6) is 0 Å². The number of hydrogen-bond acceptors (Lipinski definition) is 6. The van der Waals surface area contributed by atoms with E-state index in [1.54, 1.807) is 29.6 Å². The molecule has 10 heteroatoms. The topological polar surface area (TPSA) is 110 Å². The van der Waals surface area contributed by atoms with Crippen molar-refractivity contribution in [2.75, 3.05) is 12.4 Å². The zero-order chi connectivity index (χ0) is 20.3. The Morgan fingerprint density at radius 2 is 2.00 bits per heavy atom. The smallest absolute Gasteiger partial charge is 0.350 e. The SMILES string of the molecule is COC(=O)c1sccc1NC(=O)c1c[nH]c(=O)n(Cc2ccccc2Cl)c1=O. The van der Waals surface area contributed by atoms with Crippen LogP contribution in [0.15, 0.2) is 51.5 Å². The lowest BCUT2D eigenvalue weighted by Crippen LogP contribution is -2.39. The van der Waals surface area contributed by atoms with Gasteiger partial charge < -0.3 is 15.0 Å². The number of carbonyl (C=O) groups is 2. The number of H-pyrrole nitrogens is 1. The van der Waals surface area contributed by atoms with Crippen molar-refractivity contribution in [3.63, 3.8) is 0 Å². The van der Waals surface area contributed by atoms with Crippen LogP contribution in [0.4, 0.5) is 5.69 Å². The van der Waals surface area contributed by atoms with Crippen molar-refractivity contribution in [1.29, 1.82) is 0 Å². The van der Waals surface area contributed by atoms with Crippen molar-refractivity contribution in [3.8, 4) is 0 Å². The first kappa shape index (κ1) is 19.6. The first-order valence-corrected chi connectivity index (χ1v) is 9.21. The summed E-state index contributed by atoms with van der Waals surface area (Å²) < 4.78 is 5.53. The van der Waals surface area contributed by atoms with E-state index in [-0.39, 0.29) is 22.7 Å². The number of esters is 1. The van der Waals surface area contributed by atoms with Crippen LogP contribution in [-0.2, 0) is 11.3 Å². The van der Waals surface area contributed by atoms with Crippen LogP contribution in [0, 0.1) is 0 Å². The fraction of sp³-hybridized carbons (Fsp3) is 0.111.